The van der Waals surface area contributed by atoms with Crippen molar-refractivity contribution in [2.45, 2.75) is 58.2 Å². The maximum atomic E-state index is 5.57. The minimum Gasteiger partial charge on any atom is -0.381 e. The van der Waals surface area contributed by atoms with Gasteiger partial charge < -0.3 is 14.6 Å². The first-order valence-electron chi connectivity index (χ1n) is 9.83. The second-order valence-electron chi connectivity index (χ2n) is 7.95. The van der Waals surface area contributed by atoms with Crippen LogP contribution in [-0.4, -0.2) is 53.3 Å². The van der Waals surface area contributed by atoms with Crippen LogP contribution in [0, 0.1) is 11.3 Å². The molecule has 25 heavy (non-hydrogen) atoms. The van der Waals surface area contributed by atoms with Crippen LogP contribution in [0.1, 0.15) is 44.9 Å². The zero-order valence-electron chi connectivity index (χ0n) is 15.5. The lowest BCUT2D eigenvalue weighted by Gasteiger charge is -2.30. The fourth-order valence-corrected chi connectivity index (χ4v) is 4.77. The highest BCUT2D eigenvalue weighted by Gasteiger charge is 2.56. The van der Waals surface area contributed by atoms with Gasteiger partial charge in [-0.1, -0.05) is 0 Å². The highest BCUT2D eigenvalue weighted by atomic mass is 35.5. The standard InChI is InChI=1S/C19H32N4O.ClH/c1-2-22-11-9-21-18(22)14-23(10-3-16-4-12-24-15-16)17-13-19(17)5-7-20-8-6-19;/h9,11,16-17,20H,2-8,10,12-15H2,1H3;1H. The van der Waals surface area contributed by atoms with E-state index in [9.17, 15) is 0 Å². The Bertz CT molecular complexity index is 537. The van der Waals surface area contributed by atoms with Crippen LogP contribution < -0.4 is 5.32 Å². The summed E-state index contributed by atoms with van der Waals surface area (Å²) < 4.78 is 7.87. The van der Waals surface area contributed by atoms with E-state index < -0.39 is 0 Å². The van der Waals surface area contributed by atoms with Gasteiger partial charge in [0.15, 0.2) is 0 Å². The number of aromatic nitrogens is 2. The van der Waals surface area contributed by atoms with Crippen molar-refractivity contribution in [3.05, 3.63) is 18.2 Å². The Labute approximate surface area is 157 Å². The van der Waals surface area contributed by atoms with E-state index in [1.807, 2.05) is 6.20 Å². The van der Waals surface area contributed by atoms with E-state index in [4.69, 9.17) is 4.74 Å². The summed E-state index contributed by atoms with van der Waals surface area (Å²) in [6.45, 7) is 9.75. The third kappa shape index (κ3) is 4.21. The molecule has 3 heterocycles. The molecular formula is C19H33ClN4O. The van der Waals surface area contributed by atoms with Crippen molar-refractivity contribution in [1.29, 1.82) is 0 Å². The Kier molecular flexibility index (Phi) is 6.42. The Morgan fingerprint density at radius 3 is 2.96 bits per heavy atom. The number of piperidine rings is 1. The largest absolute Gasteiger partial charge is 0.381 e. The van der Waals surface area contributed by atoms with Gasteiger partial charge in [-0.05, 0) is 70.0 Å². The van der Waals surface area contributed by atoms with Crippen LogP contribution in [0.15, 0.2) is 12.4 Å². The number of nitrogens with zero attached hydrogens (tertiary/aromatic N) is 3. The highest BCUT2D eigenvalue weighted by Crippen LogP contribution is 2.56. The molecule has 0 radical (unpaired) electrons. The quantitative estimate of drug-likeness (QED) is 0.803. The van der Waals surface area contributed by atoms with Crippen LogP contribution in [0.2, 0.25) is 0 Å². The second-order valence-corrected chi connectivity index (χ2v) is 7.95. The molecule has 5 nitrogen and oxygen atoms in total. The predicted molar refractivity (Wildman–Crippen MR) is 102 cm³/mol. The molecule has 1 spiro atoms. The molecular weight excluding hydrogens is 336 g/mol. The van der Waals surface area contributed by atoms with E-state index in [0.29, 0.717) is 5.41 Å². The first-order chi connectivity index (χ1) is 11.8. The van der Waals surface area contributed by atoms with E-state index in [0.717, 1.165) is 38.3 Å². The molecule has 3 fully saturated rings. The molecule has 6 heteroatoms. The van der Waals surface area contributed by atoms with Crippen LogP contribution >= 0.6 is 12.4 Å². The van der Waals surface area contributed by atoms with Crippen molar-refractivity contribution < 1.29 is 4.74 Å². The Morgan fingerprint density at radius 2 is 2.24 bits per heavy atom. The molecule has 0 aromatic carbocycles. The zero-order chi connectivity index (χ0) is 16.4. The van der Waals surface area contributed by atoms with E-state index in [1.54, 1.807) is 0 Å². The first kappa shape index (κ1) is 19.2. The van der Waals surface area contributed by atoms with Gasteiger partial charge in [0.1, 0.15) is 5.82 Å². The predicted octanol–water partition coefficient (Wildman–Crippen LogP) is 2.70. The molecule has 1 aliphatic carbocycles. The van der Waals surface area contributed by atoms with Crippen LogP contribution in [-0.2, 0) is 17.8 Å². The number of ether oxygens (including phenoxy) is 1. The van der Waals surface area contributed by atoms with Crippen LogP contribution in [0.5, 0.6) is 0 Å². The second kappa shape index (κ2) is 8.38. The molecule has 3 aliphatic rings. The SMILES string of the molecule is CCn1ccnc1CN(CCC1CCOC1)C1CC12CCNCC2.Cl. The van der Waals surface area contributed by atoms with Crippen molar-refractivity contribution in [2.24, 2.45) is 11.3 Å². The number of hydrogen-bond acceptors (Lipinski definition) is 4. The third-order valence-corrected chi connectivity index (χ3v) is 6.52. The molecule has 2 unspecified atom stereocenters. The average molecular weight is 369 g/mol. The molecule has 2 saturated heterocycles. The summed E-state index contributed by atoms with van der Waals surface area (Å²) >= 11 is 0. The summed E-state index contributed by atoms with van der Waals surface area (Å²) in [6.07, 6.45) is 10.7. The number of halogens is 1. The maximum absolute atomic E-state index is 5.57. The van der Waals surface area contributed by atoms with Crippen molar-refractivity contribution >= 4 is 12.4 Å². The monoisotopic (exact) mass is 368 g/mol. The van der Waals surface area contributed by atoms with Gasteiger partial charge in [-0.25, -0.2) is 4.98 Å². The summed E-state index contributed by atoms with van der Waals surface area (Å²) in [7, 11) is 0. The van der Waals surface area contributed by atoms with Gasteiger partial charge in [0, 0.05) is 38.2 Å². The van der Waals surface area contributed by atoms with Crippen molar-refractivity contribution in [2.75, 3.05) is 32.8 Å². The van der Waals surface area contributed by atoms with Gasteiger partial charge in [-0.15, -0.1) is 12.4 Å². The summed E-state index contributed by atoms with van der Waals surface area (Å²) in [5.74, 6) is 2.00. The van der Waals surface area contributed by atoms with Gasteiger partial charge in [0.25, 0.3) is 0 Å². The molecule has 0 amide bonds. The van der Waals surface area contributed by atoms with E-state index in [2.05, 4.69) is 32.9 Å². The Hall–Kier alpha value is -0.620. The Balaban J connectivity index is 0.00000182. The van der Waals surface area contributed by atoms with Crippen molar-refractivity contribution in [3.63, 3.8) is 0 Å². The lowest BCUT2D eigenvalue weighted by atomic mass is 9.93. The summed E-state index contributed by atoms with van der Waals surface area (Å²) in [4.78, 5) is 7.38. The minimum atomic E-state index is 0. The molecule has 0 bridgehead atoms. The lowest BCUT2D eigenvalue weighted by molar-refractivity contribution is 0.161. The molecule has 1 aromatic heterocycles. The summed E-state index contributed by atoms with van der Waals surface area (Å²) in [6, 6.07) is 0.768. The topological polar surface area (TPSA) is 42.3 Å². The molecule has 142 valence electrons. The van der Waals surface area contributed by atoms with E-state index in [-0.39, 0.29) is 12.4 Å². The molecule has 2 atom stereocenters. The number of aryl methyl sites for hydroxylation is 1. The van der Waals surface area contributed by atoms with Crippen molar-refractivity contribution in [1.82, 2.24) is 19.8 Å². The average Bonchev–Trinajstić information content (AvgIpc) is 3.02. The van der Waals surface area contributed by atoms with E-state index >= 15 is 0 Å². The molecule has 2 aliphatic heterocycles. The number of imidazole rings is 1. The number of rotatable bonds is 7. The normalized spacial score (nSPS) is 27.6. The number of hydrogen-bond donors (Lipinski definition) is 1. The van der Waals surface area contributed by atoms with Gasteiger partial charge in [0.05, 0.1) is 6.54 Å². The Morgan fingerprint density at radius 1 is 1.40 bits per heavy atom. The van der Waals surface area contributed by atoms with Gasteiger partial charge in [0.2, 0.25) is 0 Å². The minimum absolute atomic E-state index is 0. The lowest BCUT2D eigenvalue weighted by Crippen LogP contribution is -2.37. The zero-order valence-corrected chi connectivity index (χ0v) is 16.3. The maximum Gasteiger partial charge on any atom is 0.122 e. The molecule has 4 rings (SSSR count). The fourth-order valence-electron chi connectivity index (χ4n) is 4.77. The summed E-state index contributed by atoms with van der Waals surface area (Å²) in [5, 5.41) is 3.53. The smallest absolute Gasteiger partial charge is 0.122 e. The molecule has 1 saturated carbocycles. The van der Waals surface area contributed by atoms with Gasteiger partial charge in [-0.2, -0.15) is 0 Å². The third-order valence-electron chi connectivity index (χ3n) is 6.52. The van der Waals surface area contributed by atoms with Gasteiger partial charge in [-0.3, -0.25) is 4.90 Å². The van der Waals surface area contributed by atoms with Crippen LogP contribution in [0.25, 0.3) is 0 Å². The number of nitrogens with one attached hydrogen (secondary N) is 1. The molecule has 1 aromatic rings. The highest BCUT2D eigenvalue weighted by molar-refractivity contribution is 5.85. The van der Waals surface area contributed by atoms with Crippen molar-refractivity contribution in [3.8, 4) is 0 Å². The van der Waals surface area contributed by atoms with Crippen LogP contribution in [0.4, 0.5) is 0 Å². The fraction of sp³-hybridized carbons (Fsp3) is 0.842. The van der Waals surface area contributed by atoms with Crippen LogP contribution in [0.3, 0.4) is 0 Å². The first-order valence-corrected chi connectivity index (χ1v) is 9.83. The molecule has 1 N–H and O–H groups in total. The summed E-state index contributed by atoms with van der Waals surface area (Å²) in [5.41, 5.74) is 0.598. The van der Waals surface area contributed by atoms with E-state index in [1.165, 1.54) is 57.6 Å². The van der Waals surface area contributed by atoms with Gasteiger partial charge >= 0.3 is 0 Å².